The molecule has 0 aliphatic carbocycles. The van der Waals surface area contributed by atoms with Crippen LogP contribution >= 0.6 is 0 Å². The summed E-state index contributed by atoms with van der Waals surface area (Å²) in [6.45, 7) is 7.85. The number of aliphatic hydroxyl groups is 2. The molecule has 0 saturated heterocycles. The first kappa shape index (κ1) is 15.3. The first-order valence-corrected chi connectivity index (χ1v) is 5.54. The van der Waals surface area contributed by atoms with E-state index in [0.717, 1.165) is 0 Å². The van der Waals surface area contributed by atoms with Crippen molar-refractivity contribution >= 4 is 0 Å². The van der Waals surface area contributed by atoms with Gasteiger partial charge in [-0.3, -0.25) is 0 Å². The fourth-order valence-corrected chi connectivity index (χ4v) is 0.832. The fraction of sp³-hybridized carbons (Fsp3) is 0.833. The van der Waals surface area contributed by atoms with Crippen molar-refractivity contribution in [3.05, 3.63) is 12.5 Å². The molecule has 0 fully saturated rings. The van der Waals surface area contributed by atoms with Gasteiger partial charge >= 0.3 is 0 Å². The fourth-order valence-electron chi connectivity index (χ4n) is 0.832. The summed E-state index contributed by atoms with van der Waals surface area (Å²) in [4.78, 5) is 0. The summed E-state index contributed by atoms with van der Waals surface area (Å²) in [5, 5.41) is 18.8. The average Bonchev–Trinajstić information content (AvgIpc) is 2.06. The van der Waals surface area contributed by atoms with Crippen LogP contribution in [-0.2, 0) is 9.47 Å². The quantitative estimate of drug-likeness (QED) is 0.495. The van der Waals surface area contributed by atoms with Gasteiger partial charge in [-0.25, -0.2) is 0 Å². The molecule has 0 aliphatic heterocycles. The number of rotatable bonds is 8. The van der Waals surface area contributed by atoms with E-state index in [1.165, 1.54) is 12.5 Å². The first-order chi connectivity index (χ1) is 7.21. The molecule has 0 radical (unpaired) electrons. The molecule has 0 rings (SSSR count). The Morgan fingerprint density at radius 1 is 0.812 bits per heavy atom. The second-order valence-electron chi connectivity index (χ2n) is 5.14. The van der Waals surface area contributed by atoms with E-state index in [1.807, 2.05) is 0 Å². The second-order valence-corrected chi connectivity index (χ2v) is 5.14. The van der Waals surface area contributed by atoms with Crippen molar-refractivity contribution in [3.63, 3.8) is 0 Å². The molecule has 0 unspecified atom stereocenters. The largest absolute Gasteiger partial charge is 0.498 e. The summed E-state index contributed by atoms with van der Waals surface area (Å²) in [7, 11) is 0. The molecule has 0 aromatic rings. The third kappa shape index (κ3) is 13.3. The van der Waals surface area contributed by atoms with Crippen molar-refractivity contribution in [1.82, 2.24) is 0 Å². The van der Waals surface area contributed by atoms with Crippen LogP contribution in [-0.4, -0.2) is 34.6 Å². The van der Waals surface area contributed by atoms with Crippen LogP contribution in [0, 0.1) is 0 Å². The van der Waals surface area contributed by atoms with E-state index in [4.69, 9.17) is 9.47 Å². The Morgan fingerprint density at radius 2 is 1.12 bits per heavy atom. The zero-order valence-corrected chi connectivity index (χ0v) is 10.7. The number of ether oxygens (including phenoxy) is 2. The molecule has 16 heavy (non-hydrogen) atoms. The van der Waals surface area contributed by atoms with E-state index < -0.39 is 11.2 Å². The lowest BCUT2D eigenvalue weighted by Crippen LogP contribution is -2.20. The molecule has 0 spiro atoms. The van der Waals surface area contributed by atoms with Gasteiger partial charge in [0.15, 0.2) is 0 Å². The summed E-state index contributed by atoms with van der Waals surface area (Å²) in [6.07, 6.45) is 4.05. The second kappa shape index (κ2) is 6.76. The lowest BCUT2D eigenvalue weighted by atomic mass is 10.1. The van der Waals surface area contributed by atoms with E-state index in [-0.39, 0.29) is 0 Å². The van der Waals surface area contributed by atoms with Crippen LogP contribution in [0.4, 0.5) is 0 Å². The Balaban J connectivity index is 3.36. The van der Waals surface area contributed by atoms with Gasteiger partial charge in [-0.05, 0) is 27.7 Å². The van der Waals surface area contributed by atoms with E-state index in [2.05, 4.69) is 0 Å². The number of hydrogen-bond donors (Lipinski definition) is 2. The molecule has 0 heterocycles. The zero-order valence-electron chi connectivity index (χ0n) is 10.7. The van der Waals surface area contributed by atoms with Crippen LogP contribution in [0.25, 0.3) is 0 Å². The van der Waals surface area contributed by atoms with Gasteiger partial charge in [-0.2, -0.15) is 0 Å². The summed E-state index contributed by atoms with van der Waals surface area (Å²) >= 11 is 0. The SMILES string of the molecule is CC(C)(O)CCOC=COCCC(C)(C)O. The highest BCUT2D eigenvalue weighted by Gasteiger charge is 2.11. The van der Waals surface area contributed by atoms with Crippen molar-refractivity contribution < 1.29 is 19.7 Å². The topological polar surface area (TPSA) is 58.9 Å². The third-order valence-electron chi connectivity index (χ3n) is 1.91. The maximum absolute atomic E-state index is 9.38. The predicted octanol–water partition coefficient (Wildman–Crippen LogP) is 1.81. The zero-order chi connectivity index (χ0) is 12.7. The molecular weight excluding hydrogens is 208 g/mol. The van der Waals surface area contributed by atoms with Crippen LogP contribution < -0.4 is 0 Å². The summed E-state index contributed by atoms with van der Waals surface area (Å²) in [6, 6.07) is 0. The molecule has 0 aromatic heterocycles. The highest BCUT2D eigenvalue weighted by molar-refractivity contribution is 4.68. The monoisotopic (exact) mass is 232 g/mol. The maximum atomic E-state index is 9.38. The average molecular weight is 232 g/mol. The summed E-state index contributed by atoms with van der Waals surface area (Å²) < 4.78 is 10.2. The molecule has 4 heteroatoms. The standard InChI is InChI=1S/C12H24O4/c1-11(2,13)5-7-15-9-10-16-8-6-12(3,4)14/h9-10,13-14H,5-8H2,1-4H3. The van der Waals surface area contributed by atoms with Gasteiger partial charge < -0.3 is 19.7 Å². The van der Waals surface area contributed by atoms with Gasteiger partial charge in [0.05, 0.1) is 24.4 Å². The first-order valence-electron chi connectivity index (χ1n) is 5.54. The highest BCUT2D eigenvalue weighted by Crippen LogP contribution is 2.07. The normalized spacial score (nSPS) is 13.1. The Hall–Kier alpha value is -0.740. The van der Waals surface area contributed by atoms with E-state index in [1.54, 1.807) is 27.7 Å². The van der Waals surface area contributed by atoms with Crippen molar-refractivity contribution in [2.24, 2.45) is 0 Å². The van der Waals surface area contributed by atoms with E-state index >= 15 is 0 Å². The van der Waals surface area contributed by atoms with Crippen molar-refractivity contribution in [2.45, 2.75) is 51.7 Å². The van der Waals surface area contributed by atoms with Crippen LogP contribution in [0.2, 0.25) is 0 Å². The van der Waals surface area contributed by atoms with Gasteiger partial charge in [0, 0.05) is 12.8 Å². The van der Waals surface area contributed by atoms with Crippen LogP contribution in [0.5, 0.6) is 0 Å². The van der Waals surface area contributed by atoms with Crippen LogP contribution in [0.15, 0.2) is 12.5 Å². The van der Waals surface area contributed by atoms with Gasteiger partial charge in [0.25, 0.3) is 0 Å². The molecule has 4 nitrogen and oxygen atoms in total. The summed E-state index contributed by atoms with van der Waals surface area (Å²) in [5.74, 6) is 0. The molecule has 0 aliphatic rings. The van der Waals surface area contributed by atoms with Gasteiger partial charge in [0.2, 0.25) is 0 Å². The molecule has 0 saturated carbocycles. The lowest BCUT2D eigenvalue weighted by Gasteiger charge is -2.16. The van der Waals surface area contributed by atoms with Gasteiger partial charge in [-0.1, -0.05) is 0 Å². The van der Waals surface area contributed by atoms with Gasteiger partial charge in [0.1, 0.15) is 12.5 Å². The Kier molecular flexibility index (Phi) is 6.45. The van der Waals surface area contributed by atoms with Crippen molar-refractivity contribution in [2.75, 3.05) is 13.2 Å². The maximum Gasteiger partial charge on any atom is 0.117 e. The van der Waals surface area contributed by atoms with E-state index in [9.17, 15) is 10.2 Å². The van der Waals surface area contributed by atoms with Crippen molar-refractivity contribution in [3.8, 4) is 0 Å². The number of hydrogen-bond acceptors (Lipinski definition) is 4. The molecular formula is C12H24O4. The van der Waals surface area contributed by atoms with Gasteiger partial charge in [-0.15, -0.1) is 0 Å². The van der Waals surface area contributed by atoms with Crippen LogP contribution in [0.1, 0.15) is 40.5 Å². The predicted molar refractivity (Wildman–Crippen MR) is 62.9 cm³/mol. The smallest absolute Gasteiger partial charge is 0.117 e. The summed E-state index contributed by atoms with van der Waals surface area (Å²) in [5.41, 5.74) is -1.40. The Morgan fingerprint density at radius 3 is 1.38 bits per heavy atom. The molecule has 0 atom stereocenters. The molecule has 0 aromatic carbocycles. The van der Waals surface area contributed by atoms with Crippen LogP contribution in [0.3, 0.4) is 0 Å². The lowest BCUT2D eigenvalue weighted by molar-refractivity contribution is 0.0412. The van der Waals surface area contributed by atoms with E-state index in [0.29, 0.717) is 26.1 Å². The molecule has 2 N–H and O–H groups in total. The Labute approximate surface area is 97.9 Å². The third-order valence-corrected chi connectivity index (χ3v) is 1.91. The minimum absolute atomic E-state index is 0.453. The van der Waals surface area contributed by atoms with Crippen molar-refractivity contribution in [1.29, 1.82) is 0 Å². The minimum atomic E-state index is -0.699. The minimum Gasteiger partial charge on any atom is -0.498 e. The Bertz CT molecular complexity index is 176. The molecule has 0 bridgehead atoms. The molecule has 96 valence electrons. The highest BCUT2D eigenvalue weighted by atomic mass is 16.5. The molecule has 0 amide bonds.